The summed E-state index contributed by atoms with van der Waals surface area (Å²) < 4.78 is 14.2. The van der Waals surface area contributed by atoms with Crippen LogP contribution in [0.2, 0.25) is 0 Å². The minimum Gasteiger partial charge on any atom is -0.352 e. The van der Waals surface area contributed by atoms with Gasteiger partial charge in [0.1, 0.15) is 11.6 Å². The Morgan fingerprint density at radius 1 is 1.13 bits per heavy atom. The zero-order valence-electron chi connectivity index (χ0n) is 17.9. The van der Waals surface area contributed by atoms with Crippen molar-refractivity contribution in [3.05, 3.63) is 94.9 Å². The lowest BCUT2D eigenvalue weighted by molar-refractivity contribution is 0.102. The summed E-state index contributed by atoms with van der Waals surface area (Å²) in [6, 6.07) is 18.5. The highest BCUT2D eigenvalue weighted by atomic mass is 19.1. The van der Waals surface area contributed by atoms with Crippen molar-refractivity contribution in [3.63, 3.8) is 0 Å². The number of hydrogen-bond acceptors (Lipinski definition) is 3. The van der Waals surface area contributed by atoms with E-state index in [-0.39, 0.29) is 5.56 Å². The molecule has 31 heavy (non-hydrogen) atoms. The minimum atomic E-state index is -0.494. The molecule has 1 aliphatic rings. The number of rotatable bonds is 5. The van der Waals surface area contributed by atoms with E-state index in [2.05, 4.69) is 22.1 Å². The first-order valence-corrected chi connectivity index (χ1v) is 10.6. The lowest BCUT2D eigenvalue weighted by atomic mass is 9.94. The van der Waals surface area contributed by atoms with Gasteiger partial charge in [0.25, 0.3) is 5.91 Å². The molecule has 4 nitrogen and oxygen atoms in total. The van der Waals surface area contributed by atoms with Crippen molar-refractivity contribution >= 4 is 23.0 Å². The van der Waals surface area contributed by atoms with Gasteiger partial charge in [-0.3, -0.25) is 4.79 Å². The van der Waals surface area contributed by atoms with Crippen LogP contribution < -0.4 is 10.2 Å². The second-order valence-electron chi connectivity index (χ2n) is 7.82. The lowest BCUT2D eigenvalue weighted by Crippen LogP contribution is -2.31. The van der Waals surface area contributed by atoms with Crippen molar-refractivity contribution in [2.24, 2.45) is 0 Å². The third-order valence-corrected chi connectivity index (χ3v) is 5.77. The van der Waals surface area contributed by atoms with Crippen molar-refractivity contribution in [1.29, 1.82) is 0 Å². The molecule has 0 unspecified atom stereocenters. The van der Waals surface area contributed by atoms with E-state index in [1.807, 2.05) is 55.6 Å². The van der Waals surface area contributed by atoms with E-state index in [9.17, 15) is 9.18 Å². The summed E-state index contributed by atoms with van der Waals surface area (Å²) in [4.78, 5) is 19.3. The molecular formula is C26H26FN3O. The number of nitrogens with one attached hydrogen (secondary N) is 1. The molecule has 0 atom stereocenters. The Bertz CT molecular complexity index is 1110. The fourth-order valence-corrected chi connectivity index (χ4v) is 3.85. The Balaban J connectivity index is 1.48. The van der Waals surface area contributed by atoms with Gasteiger partial charge >= 0.3 is 0 Å². The molecule has 1 aromatic heterocycles. The van der Waals surface area contributed by atoms with Crippen LogP contribution in [0.4, 0.5) is 15.9 Å². The van der Waals surface area contributed by atoms with Crippen LogP contribution in [0.3, 0.4) is 0 Å². The first-order chi connectivity index (χ1) is 15.0. The van der Waals surface area contributed by atoms with Gasteiger partial charge in [-0.1, -0.05) is 36.8 Å². The third kappa shape index (κ3) is 4.66. The van der Waals surface area contributed by atoms with Gasteiger partial charge in [-0.2, -0.15) is 0 Å². The highest BCUT2D eigenvalue weighted by Crippen LogP contribution is 2.29. The summed E-state index contributed by atoms with van der Waals surface area (Å²) in [5, 5.41) is 2.80. The Hall–Kier alpha value is -3.47. The molecule has 2 aromatic carbocycles. The predicted molar refractivity (Wildman–Crippen MR) is 124 cm³/mol. The van der Waals surface area contributed by atoms with E-state index in [4.69, 9.17) is 0 Å². The number of aryl methyl sites for hydroxylation is 1. The summed E-state index contributed by atoms with van der Waals surface area (Å²) >= 11 is 0. The van der Waals surface area contributed by atoms with Crippen LogP contribution in [0.5, 0.6) is 0 Å². The third-order valence-electron chi connectivity index (χ3n) is 5.77. The highest BCUT2D eigenvalue weighted by Gasteiger charge is 2.19. The van der Waals surface area contributed by atoms with Crippen LogP contribution in [0.15, 0.2) is 72.4 Å². The molecule has 1 aliphatic heterocycles. The Kier molecular flexibility index (Phi) is 6.12. The standard InChI is InChI=1S/C26H26FN3O/c1-3-19-7-12-22(24(27)16-19)26(31)29-21-10-8-20(9-11-21)23-17-30(15-13-18(23)2)25-6-4-5-14-28-25/h4-12,14,16H,3,13,15,17H2,1-2H3,(H,29,31). The zero-order valence-corrected chi connectivity index (χ0v) is 17.9. The number of anilines is 2. The quantitative estimate of drug-likeness (QED) is 0.580. The second kappa shape index (κ2) is 9.13. The van der Waals surface area contributed by atoms with E-state index >= 15 is 0 Å². The number of halogens is 1. The van der Waals surface area contributed by atoms with E-state index in [0.29, 0.717) is 5.69 Å². The van der Waals surface area contributed by atoms with Gasteiger partial charge in [0.2, 0.25) is 0 Å². The lowest BCUT2D eigenvalue weighted by Gasteiger charge is -2.31. The number of nitrogens with zero attached hydrogens (tertiary/aromatic N) is 2. The average Bonchev–Trinajstić information content (AvgIpc) is 2.80. The fraction of sp³-hybridized carbons (Fsp3) is 0.231. The van der Waals surface area contributed by atoms with Crippen molar-refractivity contribution in [2.45, 2.75) is 26.7 Å². The maximum absolute atomic E-state index is 14.2. The first-order valence-electron chi connectivity index (χ1n) is 10.6. The number of hydrogen-bond donors (Lipinski definition) is 1. The summed E-state index contributed by atoms with van der Waals surface area (Å²) in [7, 11) is 0. The molecule has 0 saturated carbocycles. The molecule has 0 aliphatic carbocycles. The summed E-state index contributed by atoms with van der Waals surface area (Å²) in [5.74, 6) is 0.0425. The van der Waals surface area contributed by atoms with Crippen LogP contribution in [0.25, 0.3) is 5.57 Å². The normalized spacial score (nSPS) is 14.0. The average molecular weight is 416 g/mol. The number of aromatic nitrogens is 1. The number of amides is 1. The number of carbonyl (C=O) groups excluding carboxylic acids is 1. The first kappa shape index (κ1) is 20.8. The van der Waals surface area contributed by atoms with Crippen molar-refractivity contribution < 1.29 is 9.18 Å². The largest absolute Gasteiger partial charge is 0.352 e. The molecule has 2 heterocycles. The number of benzene rings is 2. The second-order valence-corrected chi connectivity index (χ2v) is 7.82. The van der Waals surface area contributed by atoms with Gasteiger partial charge in [0, 0.05) is 25.0 Å². The predicted octanol–water partition coefficient (Wildman–Crippen LogP) is 5.72. The monoisotopic (exact) mass is 415 g/mol. The van der Waals surface area contributed by atoms with Gasteiger partial charge in [-0.05, 0) is 72.9 Å². The number of carbonyl (C=O) groups is 1. The van der Waals surface area contributed by atoms with Crippen LogP contribution in [0, 0.1) is 5.82 Å². The smallest absolute Gasteiger partial charge is 0.258 e. The minimum absolute atomic E-state index is 0.0538. The van der Waals surface area contributed by atoms with Gasteiger partial charge < -0.3 is 10.2 Å². The molecule has 158 valence electrons. The molecule has 3 aromatic rings. The van der Waals surface area contributed by atoms with E-state index in [1.54, 1.807) is 12.1 Å². The highest BCUT2D eigenvalue weighted by molar-refractivity contribution is 6.04. The van der Waals surface area contributed by atoms with Crippen molar-refractivity contribution in [1.82, 2.24) is 4.98 Å². The van der Waals surface area contributed by atoms with Crippen molar-refractivity contribution in [2.75, 3.05) is 23.3 Å². The summed E-state index contributed by atoms with van der Waals surface area (Å²) in [5.41, 5.74) is 5.32. The van der Waals surface area contributed by atoms with Gasteiger partial charge in [-0.15, -0.1) is 0 Å². The maximum Gasteiger partial charge on any atom is 0.258 e. The summed E-state index contributed by atoms with van der Waals surface area (Å²) in [6.07, 6.45) is 3.53. The molecule has 1 N–H and O–H groups in total. The van der Waals surface area contributed by atoms with Crippen LogP contribution in [-0.4, -0.2) is 24.0 Å². The molecule has 0 radical (unpaired) electrons. The summed E-state index contributed by atoms with van der Waals surface area (Å²) in [6.45, 7) is 5.87. The molecule has 0 spiro atoms. The van der Waals surface area contributed by atoms with Crippen molar-refractivity contribution in [3.8, 4) is 0 Å². The Morgan fingerprint density at radius 2 is 1.94 bits per heavy atom. The van der Waals surface area contributed by atoms with E-state index < -0.39 is 11.7 Å². The van der Waals surface area contributed by atoms with E-state index in [0.717, 1.165) is 42.9 Å². The molecule has 0 fully saturated rings. The van der Waals surface area contributed by atoms with Crippen LogP contribution in [0.1, 0.15) is 41.8 Å². The molecule has 4 rings (SSSR count). The molecule has 0 saturated heterocycles. The Morgan fingerprint density at radius 3 is 2.61 bits per heavy atom. The fourth-order valence-electron chi connectivity index (χ4n) is 3.85. The van der Waals surface area contributed by atoms with Crippen LogP contribution in [-0.2, 0) is 6.42 Å². The van der Waals surface area contributed by atoms with Gasteiger partial charge in [0.15, 0.2) is 0 Å². The topological polar surface area (TPSA) is 45.2 Å². The SMILES string of the molecule is CCc1ccc(C(=O)Nc2ccc(C3=C(C)CCN(c4ccccn4)C3)cc2)c(F)c1. The van der Waals surface area contributed by atoms with E-state index in [1.165, 1.54) is 17.2 Å². The molecule has 1 amide bonds. The molecular weight excluding hydrogens is 389 g/mol. The van der Waals surface area contributed by atoms with Gasteiger partial charge in [0.05, 0.1) is 5.56 Å². The number of pyridine rings is 1. The van der Waals surface area contributed by atoms with Crippen LogP contribution >= 0.6 is 0 Å². The zero-order chi connectivity index (χ0) is 21.8. The molecule has 0 bridgehead atoms. The van der Waals surface area contributed by atoms with Gasteiger partial charge in [-0.25, -0.2) is 9.37 Å². The molecule has 5 heteroatoms. The Labute approximate surface area is 182 Å². The maximum atomic E-state index is 14.2.